The summed E-state index contributed by atoms with van der Waals surface area (Å²) in [4.78, 5) is 4.04. The SMILES string of the molecule is CCCNc1ccncc1S(=O)(=O)NCc1ccoc1. The number of nitrogens with zero attached hydrogens (tertiary/aromatic N) is 1. The van der Waals surface area contributed by atoms with Crippen molar-refractivity contribution < 1.29 is 12.8 Å². The summed E-state index contributed by atoms with van der Waals surface area (Å²) in [7, 11) is -3.61. The van der Waals surface area contributed by atoms with Crippen molar-refractivity contribution in [2.24, 2.45) is 0 Å². The van der Waals surface area contributed by atoms with E-state index in [1.165, 1.54) is 18.7 Å². The lowest BCUT2D eigenvalue weighted by Gasteiger charge is -2.11. The number of nitrogens with one attached hydrogen (secondary N) is 2. The van der Waals surface area contributed by atoms with Crippen LogP contribution in [0.2, 0.25) is 0 Å². The van der Waals surface area contributed by atoms with Crippen LogP contribution in [-0.2, 0) is 16.6 Å². The first-order chi connectivity index (χ1) is 9.63. The van der Waals surface area contributed by atoms with E-state index in [4.69, 9.17) is 4.42 Å². The Labute approximate surface area is 118 Å². The van der Waals surface area contributed by atoms with Gasteiger partial charge in [-0.25, -0.2) is 13.1 Å². The third kappa shape index (κ3) is 3.58. The molecule has 20 heavy (non-hydrogen) atoms. The topological polar surface area (TPSA) is 84.2 Å². The van der Waals surface area contributed by atoms with Gasteiger partial charge >= 0.3 is 0 Å². The normalized spacial score (nSPS) is 11.4. The van der Waals surface area contributed by atoms with Crippen molar-refractivity contribution in [1.82, 2.24) is 9.71 Å². The van der Waals surface area contributed by atoms with E-state index in [-0.39, 0.29) is 11.4 Å². The first kappa shape index (κ1) is 14.5. The van der Waals surface area contributed by atoms with Crippen LogP contribution in [0.25, 0.3) is 0 Å². The van der Waals surface area contributed by atoms with Crippen LogP contribution >= 0.6 is 0 Å². The molecule has 7 heteroatoms. The highest BCUT2D eigenvalue weighted by Crippen LogP contribution is 2.19. The van der Waals surface area contributed by atoms with Crippen molar-refractivity contribution in [1.29, 1.82) is 0 Å². The second kappa shape index (κ2) is 6.53. The summed E-state index contributed by atoms with van der Waals surface area (Å²) in [5.41, 5.74) is 1.32. The monoisotopic (exact) mass is 295 g/mol. The average molecular weight is 295 g/mol. The largest absolute Gasteiger partial charge is 0.472 e. The number of furan rings is 1. The Balaban J connectivity index is 2.16. The predicted octanol–water partition coefficient (Wildman–Crippen LogP) is 1.97. The lowest BCUT2D eigenvalue weighted by molar-refractivity contribution is 0.561. The van der Waals surface area contributed by atoms with Gasteiger partial charge in [-0.2, -0.15) is 0 Å². The Kier molecular flexibility index (Phi) is 4.75. The van der Waals surface area contributed by atoms with Crippen molar-refractivity contribution in [2.45, 2.75) is 24.8 Å². The van der Waals surface area contributed by atoms with E-state index in [1.54, 1.807) is 18.3 Å². The smallest absolute Gasteiger partial charge is 0.244 e. The van der Waals surface area contributed by atoms with Gasteiger partial charge in [0.15, 0.2) is 0 Å². The molecular formula is C13H17N3O3S. The molecule has 2 heterocycles. The quantitative estimate of drug-likeness (QED) is 0.816. The Morgan fingerprint density at radius 1 is 1.35 bits per heavy atom. The summed E-state index contributed by atoms with van der Waals surface area (Å²) < 4.78 is 32.0. The standard InChI is InChI=1S/C13H17N3O3S/c1-2-5-15-12-3-6-14-9-13(12)20(17,18)16-8-11-4-7-19-10-11/h3-4,6-7,9-10,16H,2,5,8H2,1H3,(H,14,15). The molecule has 0 aliphatic heterocycles. The number of hydrogen-bond donors (Lipinski definition) is 2. The lowest BCUT2D eigenvalue weighted by Crippen LogP contribution is -2.24. The molecule has 6 nitrogen and oxygen atoms in total. The van der Waals surface area contributed by atoms with Crippen molar-refractivity contribution >= 4 is 15.7 Å². The van der Waals surface area contributed by atoms with Gasteiger partial charge in [0.1, 0.15) is 4.90 Å². The van der Waals surface area contributed by atoms with E-state index in [1.807, 2.05) is 6.92 Å². The van der Waals surface area contributed by atoms with Crippen molar-refractivity contribution in [3.8, 4) is 0 Å². The van der Waals surface area contributed by atoms with E-state index in [0.717, 1.165) is 12.0 Å². The molecule has 0 unspecified atom stereocenters. The van der Waals surface area contributed by atoms with Crippen LogP contribution in [0.4, 0.5) is 5.69 Å². The Morgan fingerprint density at radius 3 is 2.90 bits per heavy atom. The van der Waals surface area contributed by atoms with E-state index >= 15 is 0 Å². The molecule has 0 radical (unpaired) electrons. The maximum Gasteiger partial charge on any atom is 0.244 e. The molecule has 108 valence electrons. The molecule has 0 aromatic carbocycles. The minimum atomic E-state index is -3.61. The van der Waals surface area contributed by atoms with E-state index in [2.05, 4.69) is 15.0 Å². The highest BCUT2D eigenvalue weighted by molar-refractivity contribution is 7.89. The van der Waals surface area contributed by atoms with Gasteiger partial charge in [-0.05, 0) is 18.6 Å². The molecule has 0 bridgehead atoms. The second-order valence-corrected chi connectivity index (χ2v) is 5.99. The highest BCUT2D eigenvalue weighted by Gasteiger charge is 2.18. The van der Waals surface area contributed by atoms with E-state index < -0.39 is 10.0 Å². The third-order valence-electron chi connectivity index (χ3n) is 2.69. The Morgan fingerprint density at radius 2 is 2.20 bits per heavy atom. The fourth-order valence-corrected chi connectivity index (χ4v) is 2.79. The van der Waals surface area contributed by atoms with Crippen LogP contribution in [0.15, 0.2) is 46.4 Å². The van der Waals surface area contributed by atoms with Crippen molar-refractivity contribution in [2.75, 3.05) is 11.9 Å². The fraction of sp³-hybridized carbons (Fsp3) is 0.308. The number of aromatic nitrogens is 1. The van der Waals surface area contributed by atoms with E-state index in [0.29, 0.717) is 12.2 Å². The summed E-state index contributed by atoms with van der Waals surface area (Å²) in [6.45, 7) is 2.90. The number of hydrogen-bond acceptors (Lipinski definition) is 5. The van der Waals surface area contributed by atoms with Gasteiger partial charge in [0.25, 0.3) is 0 Å². The molecular weight excluding hydrogens is 278 g/mol. The number of rotatable bonds is 7. The molecule has 2 aromatic rings. The first-order valence-electron chi connectivity index (χ1n) is 6.32. The molecule has 0 amide bonds. The zero-order valence-electron chi connectivity index (χ0n) is 11.2. The molecule has 2 rings (SSSR count). The summed E-state index contributed by atoms with van der Waals surface area (Å²) in [5, 5.41) is 3.08. The molecule has 0 spiro atoms. The maximum absolute atomic E-state index is 12.3. The van der Waals surface area contributed by atoms with Gasteiger partial charge in [0.2, 0.25) is 10.0 Å². The van der Waals surface area contributed by atoms with Gasteiger partial charge in [-0.15, -0.1) is 0 Å². The third-order valence-corrected chi connectivity index (χ3v) is 4.11. The second-order valence-electron chi connectivity index (χ2n) is 4.25. The van der Waals surface area contributed by atoms with Crippen LogP contribution in [0.3, 0.4) is 0 Å². The molecule has 0 aliphatic carbocycles. The minimum Gasteiger partial charge on any atom is -0.472 e. The van der Waals surface area contributed by atoms with Gasteiger partial charge in [0, 0.05) is 31.0 Å². The molecule has 0 atom stereocenters. The first-order valence-corrected chi connectivity index (χ1v) is 7.80. The summed E-state index contributed by atoms with van der Waals surface area (Å²) in [6.07, 6.45) is 6.82. The van der Waals surface area contributed by atoms with Crippen LogP contribution in [-0.4, -0.2) is 19.9 Å². The number of anilines is 1. The molecule has 0 fully saturated rings. The zero-order chi connectivity index (χ0) is 14.4. The fourth-order valence-electron chi connectivity index (χ4n) is 1.65. The van der Waals surface area contributed by atoms with Gasteiger partial charge in [-0.1, -0.05) is 6.92 Å². The Bertz CT molecular complexity index is 639. The van der Waals surface area contributed by atoms with Gasteiger partial charge in [0.05, 0.1) is 18.2 Å². The average Bonchev–Trinajstić information content (AvgIpc) is 2.97. The van der Waals surface area contributed by atoms with Gasteiger partial charge < -0.3 is 9.73 Å². The van der Waals surface area contributed by atoms with Crippen LogP contribution in [0, 0.1) is 0 Å². The molecule has 2 aromatic heterocycles. The maximum atomic E-state index is 12.3. The molecule has 0 saturated carbocycles. The van der Waals surface area contributed by atoms with E-state index in [9.17, 15) is 8.42 Å². The lowest BCUT2D eigenvalue weighted by atomic mass is 10.4. The summed E-state index contributed by atoms with van der Waals surface area (Å²) in [6, 6.07) is 3.37. The summed E-state index contributed by atoms with van der Waals surface area (Å²) in [5.74, 6) is 0. The highest BCUT2D eigenvalue weighted by atomic mass is 32.2. The van der Waals surface area contributed by atoms with Crippen molar-refractivity contribution in [3.05, 3.63) is 42.6 Å². The van der Waals surface area contributed by atoms with Crippen LogP contribution in [0.5, 0.6) is 0 Å². The van der Waals surface area contributed by atoms with Gasteiger partial charge in [-0.3, -0.25) is 4.98 Å². The van der Waals surface area contributed by atoms with Crippen molar-refractivity contribution in [3.63, 3.8) is 0 Å². The van der Waals surface area contributed by atoms with Crippen LogP contribution in [0.1, 0.15) is 18.9 Å². The summed E-state index contributed by atoms with van der Waals surface area (Å²) >= 11 is 0. The minimum absolute atomic E-state index is 0.150. The Hall–Kier alpha value is -1.86. The molecule has 0 aliphatic rings. The van der Waals surface area contributed by atoms with Crippen LogP contribution < -0.4 is 10.0 Å². The predicted molar refractivity (Wildman–Crippen MR) is 75.8 cm³/mol. The number of pyridine rings is 1. The number of sulfonamides is 1. The zero-order valence-corrected chi connectivity index (χ0v) is 12.0. The molecule has 2 N–H and O–H groups in total. The molecule has 0 saturated heterocycles.